The summed E-state index contributed by atoms with van der Waals surface area (Å²) in [6, 6.07) is 20.1. The van der Waals surface area contributed by atoms with Gasteiger partial charge < -0.3 is 10.0 Å². The molecule has 0 saturated carbocycles. The van der Waals surface area contributed by atoms with E-state index in [2.05, 4.69) is 17.0 Å². The first-order chi connectivity index (χ1) is 8.81. The van der Waals surface area contributed by atoms with Crippen LogP contribution in [0.25, 0.3) is 0 Å². The maximum Gasteiger partial charge on any atom is 0.164 e. The number of nitrogens with zero attached hydrogens (tertiary/aromatic N) is 1. The quantitative estimate of drug-likeness (QED) is 0.870. The van der Waals surface area contributed by atoms with Crippen molar-refractivity contribution in [1.29, 1.82) is 0 Å². The Bertz CT molecular complexity index is 511. The van der Waals surface area contributed by atoms with Crippen LogP contribution in [0.5, 0.6) is 0 Å². The Labute approximate surface area is 107 Å². The zero-order valence-electron chi connectivity index (χ0n) is 10.3. The van der Waals surface area contributed by atoms with Gasteiger partial charge in [-0.15, -0.1) is 0 Å². The fraction of sp³-hybridized carbons (Fsp3) is 0.250. The van der Waals surface area contributed by atoms with Crippen LogP contribution in [0.3, 0.4) is 0 Å². The lowest BCUT2D eigenvalue weighted by molar-refractivity contribution is 0.0480. The number of anilines is 1. The van der Waals surface area contributed by atoms with Crippen LogP contribution in [-0.2, 0) is 5.72 Å². The minimum Gasteiger partial charge on any atom is -0.367 e. The summed E-state index contributed by atoms with van der Waals surface area (Å²) < 4.78 is 0. The zero-order chi connectivity index (χ0) is 12.4. The van der Waals surface area contributed by atoms with Crippen LogP contribution in [0.4, 0.5) is 5.69 Å². The molecule has 0 aliphatic carbocycles. The molecular weight excluding hydrogens is 222 g/mol. The molecule has 2 nitrogen and oxygen atoms in total. The Morgan fingerprint density at radius 1 is 0.889 bits per heavy atom. The summed E-state index contributed by atoms with van der Waals surface area (Å²) in [6.45, 7) is 0.898. The van der Waals surface area contributed by atoms with Crippen molar-refractivity contribution in [2.45, 2.75) is 18.6 Å². The van der Waals surface area contributed by atoms with Crippen molar-refractivity contribution in [2.75, 3.05) is 11.4 Å². The van der Waals surface area contributed by atoms with E-state index in [1.54, 1.807) is 0 Å². The van der Waals surface area contributed by atoms with Crippen LogP contribution >= 0.6 is 0 Å². The van der Waals surface area contributed by atoms with Crippen molar-refractivity contribution in [3.05, 3.63) is 66.2 Å². The van der Waals surface area contributed by atoms with E-state index >= 15 is 0 Å². The van der Waals surface area contributed by atoms with Crippen molar-refractivity contribution in [1.82, 2.24) is 0 Å². The summed E-state index contributed by atoms with van der Waals surface area (Å²) in [6.07, 6.45) is 1.80. The summed E-state index contributed by atoms with van der Waals surface area (Å²) in [5.41, 5.74) is 1.20. The second-order valence-electron chi connectivity index (χ2n) is 4.77. The standard InChI is InChI=1S/C16H17NO/c18-16(14-8-3-1-4-9-14)12-7-13-17(16)15-10-5-2-6-11-15/h1-6,8-11,18H,7,12-13H2. The van der Waals surface area contributed by atoms with Gasteiger partial charge in [-0.25, -0.2) is 0 Å². The molecule has 0 aromatic heterocycles. The normalized spacial score (nSPS) is 23.3. The molecule has 1 fully saturated rings. The van der Waals surface area contributed by atoms with E-state index in [1.807, 2.05) is 48.5 Å². The summed E-state index contributed by atoms with van der Waals surface area (Å²) >= 11 is 0. The van der Waals surface area contributed by atoms with Crippen LogP contribution in [0, 0.1) is 0 Å². The van der Waals surface area contributed by atoms with Gasteiger partial charge >= 0.3 is 0 Å². The van der Waals surface area contributed by atoms with E-state index in [0.717, 1.165) is 30.6 Å². The van der Waals surface area contributed by atoms with E-state index in [9.17, 15) is 5.11 Å². The molecular formula is C16H17NO. The average Bonchev–Trinajstić information content (AvgIpc) is 2.84. The van der Waals surface area contributed by atoms with Crippen molar-refractivity contribution in [3.8, 4) is 0 Å². The fourth-order valence-corrected chi connectivity index (χ4v) is 2.76. The minimum absolute atomic E-state index is 0.784. The molecule has 1 atom stereocenters. The van der Waals surface area contributed by atoms with Crippen molar-refractivity contribution >= 4 is 5.69 Å². The second kappa shape index (κ2) is 4.46. The van der Waals surface area contributed by atoms with Gasteiger partial charge in [-0.1, -0.05) is 48.5 Å². The van der Waals surface area contributed by atoms with Crippen molar-refractivity contribution in [2.24, 2.45) is 0 Å². The Balaban J connectivity index is 2.01. The van der Waals surface area contributed by atoms with Gasteiger partial charge in [-0.2, -0.15) is 0 Å². The third kappa shape index (κ3) is 1.79. The summed E-state index contributed by atoms with van der Waals surface area (Å²) in [5.74, 6) is 0. The molecule has 18 heavy (non-hydrogen) atoms. The minimum atomic E-state index is -0.859. The summed E-state index contributed by atoms with van der Waals surface area (Å²) in [7, 11) is 0. The van der Waals surface area contributed by atoms with Crippen LogP contribution in [0.2, 0.25) is 0 Å². The van der Waals surface area contributed by atoms with Crippen LogP contribution in [0.15, 0.2) is 60.7 Å². The van der Waals surface area contributed by atoms with Crippen LogP contribution in [-0.4, -0.2) is 11.7 Å². The first kappa shape index (κ1) is 11.3. The molecule has 0 bridgehead atoms. The number of benzene rings is 2. The first-order valence-corrected chi connectivity index (χ1v) is 6.41. The van der Waals surface area contributed by atoms with E-state index in [-0.39, 0.29) is 0 Å². The Morgan fingerprint density at radius 3 is 2.17 bits per heavy atom. The molecule has 1 unspecified atom stereocenters. The Morgan fingerprint density at radius 2 is 1.50 bits per heavy atom. The molecule has 1 saturated heterocycles. The van der Waals surface area contributed by atoms with Crippen LogP contribution < -0.4 is 4.90 Å². The van der Waals surface area contributed by atoms with Gasteiger partial charge in [0.05, 0.1) is 0 Å². The van der Waals surface area contributed by atoms with Crippen molar-refractivity contribution in [3.63, 3.8) is 0 Å². The second-order valence-corrected chi connectivity index (χ2v) is 4.77. The summed E-state index contributed by atoms with van der Waals surface area (Å²) in [5, 5.41) is 11.0. The lowest BCUT2D eigenvalue weighted by atomic mass is 10.00. The monoisotopic (exact) mass is 239 g/mol. The zero-order valence-corrected chi connectivity index (χ0v) is 10.3. The highest BCUT2D eigenvalue weighted by Crippen LogP contribution is 2.39. The number of para-hydroxylation sites is 1. The molecule has 2 aromatic rings. The highest BCUT2D eigenvalue weighted by Gasteiger charge is 2.40. The molecule has 0 spiro atoms. The summed E-state index contributed by atoms with van der Waals surface area (Å²) in [4.78, 5) is 2.10. The number of hydrogen-bond donors (Lipinski definition) is 1. The number of rotatable bonds is 2. The van der Waals surface area contributed by atoms with Crippen LogP contribution in [0.1, 0.15) is 18.4 Å². The molecule has 0 amide bonds. The van der Waals surface area contributed by atoms with E-state index in [1.165, 1.54) is 0 Å². The van der Waals surface area contributed by atoms with Gasteiger partial charge in [0.1, 0.15) is 0 Å². The Hall–Kier alpha value is -1.80. The SMILES string of the molecule is OC1(c2ccccc2)CCCN1c1ccccc1. The topological polar surface area (TPSA) is 23.5 Å². The molecule has 3 rings (SSSR count). The van der Waals surface area contributed by atoms with Gasteiger partial charge in [0.2, 0.25) is 0 Å². The molecule has 1 aliphatic heterocycles. The number of hydrogen-bond acceptors (Lipinski definition) is 2. The maximum absolute atomic E-state index is 11.0. The molecule has 92 valence electrons. The van der Waals surface area contributed by atoms with Gasteiger partial charge in [0.15, 0.2) is 5.72 Å². The molecule has 2 heteroatoms. The molecule has 1 N–H and O–H groups in total. The highest BCUT2D eigenvalue weighted by molar-refractivity contribution is 5.51. The largest absolute Gasteiger partial charge is 0.367 e. The van der Waals surface area contributed by atoms with Gasteiger partial charge in [0.25, 0.3) is 0 Å². The average molecular weight is 239 g/mol. The van der Waals surface area contributed by atoms with Gasteiger partial charge in [0, 0.05) is 24.2 Å². The molecule has 1 heterocycles. The van der Waals surface area contributed by atoms with Gasteiger partial charge in [-0.3, -0.25) is 0 Å². The molecule has 0 radical (unpaired) electrons. The predicted octanol–water partition coefficient (Wildman–Crippen LogP) is 3.13. The third-order valence-corrected chi connectivity index (χ3v) is 3.66. The molecule has 1 aliphatic rings. The molecule has 2 aromatic carbocycles. The smallest absolute Gasteiger partial charge is 0.164 e. The van der Waals surface area contributed by atoms with E-state index in [0.29, 0.717) is 0 Å². The van der Waals surface area contributed by atoms with E-state index in [4.69, 9.17) is 0 Å². The lowest BCUT2D eigenvalue weighted by Gasteiger charge is -2.35. The highest BCUT2D eigenvalue weighted by atomic mass is 16.3. The predicted molar refractivity (Wildman–Crippen MR) is 73.4 cm³/mol. The first-order valence-electron chi connectivity index (χ1n) is 6.41. The third-order valence-electron chi connectivity index (χ3n) is 3.66. The van der Waals surface area contributed by atoms with Crippen molar-refractivity contribution < 1.29 is 5.11 Å². The van der Waals surface area contributed by atoms with Gasteiger partial charge in [-0.05, 0) is 18.6 Å². The van der Waals surface area contributed by atoms with E-state index < -0.39 is 5.72 Å². The fourth-order valence-electron chi connectivity index (χ4n) is 2.76. The number of aliphatic hydroxyl groups is 1. The lowest BCUT2D eigenvalue weighted by Crippen LogP contribution is -2.41. The maximum atomic E-state index is 11.0. The Kier molecular flexibility index (Phi) is 2.80.